The molecule has 3 aliphatic heterocycles. The highest BCUT2D eigenvalue weighted by atomic mass is 32.2. The summed E-state index contributed by atoms with van der Waals surface area (Å²) in [5, 5.41) is 0. The first-order chi connectivity index (χ1) is 12.5. The summed E-state index contributed by atoms with van der Waals surface area (Å²) in [6, 6.07) is -0.0862. The molecule has 3 saturated heterocycles. The molecule has 3 amide bonds. The lowest BCUT2D eigenvalue weighted by Gasteiger charge is -2.46. The quantitative estimate of drug-likeness (QED) is 0.637. The first kappa shape index (κ1) is 20.3. The summed E-state index contributed by atoms with van der Waals surface area (Å²) in [5.41, 5.74) is -0.958. The molecule has 2 spiro atoms. The molecule has 154 valence electrons. The fraction of sp³-hybridized carbons (Fsp3) is 0.882. The predicted molar refractivity (Wildman–Crippen MR) is 101 cm³/mol. The summed E-state index contributed by atoms with van der Waals surface area (Å²) in [6.07, 6.45) is 1.91. The van der Waals surface area contributed by atoms with Crippen molar-refractivity contribution < 1.29 is 18.0 Å². The summed E-state index contributed by atoms with van der Waals surface area (Å²) >= 11 is 0. The number of hydrogen-bond donors (Lipinski definition) is 0. The average Bonchev–Trinajstić information content (AvgIpc) is 3.08. The minimum Gasteiger partial charge on any atom is -0.345 e. The van der Waals surface area contributed by atoms with Crippen molar-refractivity contribution in [2.45, 2.75) is 19.3 Å². The largest absolute Gasteiger partial charge is 0.345 e. The van der Waals surface area contributed by atoms with Crippen LogP contribution in [0.3, 0.4) is 0 Å². The van der Waals surface area contributed by atoms with E-state index in [4.69, 9.17) is 0 Å². The van der Waals surface area contributed by atoms with Crippen LogP contribution in [0.1, 0.15) is 19.3 Å². The second-order valence-corrected chi connectivity index (χ2v) is 10.7. The van der Waals surface area contributed by atoms with Crippen molar-refractivity contribution in [3.8, 4) is 0 Å². The molecular weight excluding hydrogens is 370 g/mol. The third-order valence-corrected chi connectivity index (χ3v) is 8.66. The summed E-state index contributed by atoms with van der Waals surface area (Å²) < 4.78 is 27.7. The van der Waals surface area contributed by atoms with Crippen LogP contribution in [0.4, 0.5) is 4.79 Å². The molecule has 1 unspecified atom stereocenters. The summed E-state index contributed by atoms with van der Waals surface area (Å²) in [4.78, 5) is 30.9. The number of hydrogen-bond acceptors (Lipinski definition) is 4. The van der Waals surface area contributed by atoms with E-state index in [-0.39, 0.29) is 17.4 Å². The van der Waals surface area contributed by atoms with E-state index < -0.39 is 15.6 Å². The minimum absolute atomic E-state index is 0.0862. The first-order valence-corrected chi connectivity index (χ1v) is 10.8. The van der Waals surface area contributed by atoms with E-state index in [9.17, 15) is 18.0 Å². The Morgan fingerprint density at radius 1 is 1.00 bits per heavy atom. The number of fused-ring (bicyclic) bond motifs is 1. The van der Waals surface area contributed by atoms with Crippen LogP contribution in [0.15, 0.2) is 0 Å². The molecule has 1 atom stereocenters. The lowest BCUT2D eigenvalue weighted by Crippen LogP contribution is -2.54. The van der Waals surface area contributed by atoms with E-state index >= 15 is 0 Å². The molecule has 0 N–H and O–H groups in total. The molecule has 0 aromatic heterocycles. The monoisotopic (exact) mass is 401 g/mol. The van der Waals surface area contributed by atoms with Crippen LogP contribution in [-0.4, -0.2) is 112 Å². The van der Waals surface area contributed by atoms with Gasteiger partial charge in [0.1, 0.15) is 0 Å². The van der Waals surface area contributed by atoms with Gasteiger partial charge in [0.2, 0.25) is 5.91 Å². The second-order valence-electron chi connectivity index (χ2n) is 8.56. The Balaban J connectivity index is 1.90. The van der Waals surface area contributed by atoms with E-state index in [1.165, 1.54) is 22.7 Å². The smallest absolute Gasteiger partial charge is 0.319 e. The molecule has 3 heterocycles. The lowest BCUT2D eigenvalue weighted by molar-refractivity contribution is -0.140. The summed E-state index contributed by atoms with van der Waals surface area (Å²) in [5.74, 6) is 0.0977. The Labute approximate surface area is 162 Å². The third-order valence-electron chi connectivity index (χ3n) is 6.72. The number of likely N-dealkylation sites (tertiary alicyclic amines) is 2. The molecule has 0 aromatic rings. The van der Waals surface area contributed by atoms with Gasteiger partial charge in [0.25, 0.3) is 10.2 Å². The topological polar surface area (TPSA) is 84.5 Å². The van der Waals surface area contributed by atoms with Crippen molar-refractivity contribution >= 4 is 22.1 Å². The maximum atomic E-state index is 13.2. The molecule has 0 aliphatic carbocycles. The van der Waals surface area contributed by atoms with Gasteiger partial charge < -0.3 is 14.7 Å². The molecular formula is C17H31N5O4S. The highest BCUT2D eigenvalue weighted by Gasteiger charge is 2.65. The van der Waals surface area contributed by atoms with Crippen molar-refractivity contribution in [1.29, 1.82) is 0 Å². The molecule has 27 heavy (non-hydrogen) atoms. The maximum Gasteiger partial charge on any atom is 0.319 e. The molecule has 10 heteroatoms. The first-order valence-electron chi connectivity index (χ1n) is 9.36. The van der Waals surface area contributed by atoms with Crippen LogP contribution in [-0.2, 0) is 15.0 Å². The van der Waals surface area contributed by atoms with Crippen LogP contribution in [0.5, 0.6) is 0 Å². The Morgan fingerprint density at radius 3 is 2.04 bits per heavy atom. The van der Waals surface area contributed by atoms with Gasteiger partial charge in [-0.25, -0.2) is 4.79 Å². The maximum absolute atomic E-state index is 13.2. The highest BCUT2D eigenvalue weighted by molar-refractivity contribution is 7.86. The SMILES string of the molecule is CN(C)C(=O)N1CC2(CCN(S(=O)(=O)N(C)C)CC2)C2(CCN(C)C2=O)C1. The molecule has 3 aliphatic rings. The molecule has 3 rings (SSSR count). The predicted octanol–water partition coefficient (Wildman–Crippen LogP) is -0.279. The summed E-state index contributed by atoms with van der Waals surface area (Å²) in [6.45, 7) is 2.38. The molecule has 3 fully saturated rings. The van der Waals surface area contributed by atoms with Crippen molar-refractivity contribution in [3.63, 3.8) is 0 Å². The minimum atomic E-state index is -3.47. The average molecular weight is 402 g/mol. The standard InChI is InChI=1S/C17H31N5O4S/c1-18(2)15(24)21-12-16(17(13-21)8-9-20(5)14(17)23)6-10-22(11-7-16)27(25,26)19(3)4/h6-13H2,1-5H3. The lowest BCUT2D eigenvalue weighted by atomic mass is 9.60. The van der Waals surface area contributed by atoms with Crippen LogP contribution < -0.4 is 0 Å². The van der Waals surface area contributed by atoms with Crippen LogP contribution >= 0.6 is 0 Å². The van der Waals surface area contributed by atoms with Gasteiger partial charge >= 0.3 is 6.03 Å². The van der Waals surface area contributed by atoms with Crippen LogP contribution in [0.25, 0.3) is 0 Å². The number of nitrogens with zero attached hydrogens (tertiary/aromatic N) is 5. The fourth-order valence-electron chi connectivity index (χ4n) is 5.07. The zero-order chi connectivity index (χ0) is 20.2. The van der Waals surface area contributed by atoms with Crippen LogP contribution in [0, 0.1) is 10.8 Å². The zero-order valence-electron chi connectivity index (χ0n) is 16.9. The second kappa shape index (κ2) is 6.59. The number of amides is 3. The van der Waals surface area contributed by atoms with E-state index in [1.807, 2.05) is 7.05 Å². The Kier molecular flexibility index (Phi) is 4.97. The van der Waals surface area contributed by atoms with Crippen molar-refractivity contribution in [3.05, 3.63) is 0 Å². The molecule has 0 saturated carbocycles. The van der Waals surface area contributed by atoms with Gasteiger partial charge in [-0.3, -0.25) is 4.79 Å². The Hall–Kier alpha value is -1.39. The van der Waals surface area contributed by atoms with Gasteiger partial charge in [-0.1, -0.05) is 0 Å². The van der Waals surface area contributed by atoms with E-state index in [0.717, 1.165) is 6.42 Å². The van der Waals surface area contributed by atoms with Gasteiger partial charge in [0.15, 0.2) is 0 Å². The van der Waals surface area contributed by atoms with E-state index in [1.54, 1.807) is 28.8 Å². The van der Waals surface area contributed by atoms with Gasteiger partial charge in [0.05, 0.1) is 5.41 Å². The fourth-order valence-corrected chi connectivity index (χ4v) is 6.17. The number of carbonyl (C=O) groups excluding carboxylic acids is 2. The van der Waals surface area contributed by atoms with E-state index in [2.05, 4.69) is 0 Å². The van der Waals surface area contributed by atoms with Gasteiger partial charge in [-0.05, 0) is 19.3 Å². The van der Waals surface area contributed by atoms with Crippen molar-refractivity contribution in [2.24, 2.45) is 10.8 Å². The number of carbonyl (C=O) groups is 2. The highest BCUT2D eigenvalue weighted by Crippen LogP contribution is 2.57. The van der Waals surface area contributed by atoms with Gasteiger partial charge in [0, 0.05) is 73.4 Å². The molecule has 0 aromatic carbocycles. The zero-order valence-corrected chi connectivity index (χ0v) is 17.8. The molecule has 0 radical (unpaired) electrons. The molecule has 9 nitrogen and oxygen atoms in total. The number of rotatable bonds is 2. The van der Waals surface area contributed by atoms with Crippen LogP contribution in [0.2, 0.25) is 0 Å². The van der Waals surface area contributed by atoms with Crippen molar-refractivity contribution in [2.75, 3.05) is 68.0 Å². The number of urea groups is 1. The molecule has 0 bridgehead atoms. The van der Waals surface area contributed by atoms with Crippen molar-refractivity contribution in [1.82, 2.24) is 23.3 Å². The summed E-state index contributed by atoms with van der Waals surface area (Å²) in [7, 11) is 4.84. The van der Waals surface area contributed by atoms with Gasteiger partial charge in [-0.2, -0.15) is 17.0 Å². The Morgan fingerprint density at radius 2 is 1.59 bits per heavy atom. The number of piperidine rings is 1. The Bertz CT molecular complexity index is 730. The van der Waals surface area contributed by atoms with E-state index in [0.29, 0.717) is 45.6 Å². The third kappa shape index (κ3) is 2.92. The normalized spacial score (nSPS) is 28.7. The van der Waals surface area contributed by atoms with Gasteiger partial charge in [-0.15, -0.1) is 0 Å².